The summed E-state index contributed by atoms with van der Waals surface area (Å²) in [6.45, 7) is 4.92. The first-order chi connectivity index (χ1) is 7.67. The van der Waals surface area contributed by atoms with Gasteiger partial charge in [0.2, 0.25) is 0 Å². The van der Waals surface area contributed by atoms with Gasteiger partial charge in [-0.2, -0.15) is 0 Å². The van der Waals surface area contributed by atoms with Gasteiger partial charge in [-0.1, -0.05) is 25.4 Å². The maximum Gasteiger partial charge on any atom is 0.140 e. The molecule has 0 amide bonds. The zero-order valence-electron chi connectivity index (χ0n) is 10.6. The van der Waals surface area contributed by atoms with Gasteiger partial charge in [0.05, 0.1) is 6.61 Å². The fourth-order valence-corrected chi connectivity index (χ4v) is 1.71. The molecule has 0 radical (unpaired) electrons. The summed E-state index contributed by atoms with van der Waals surface area (Å²) < 4.78 is 5.16. The van der Waals surface area contributed by atoms with E-state index in [-0.39, 0.29) is 11.9 Å². The number of ether oxygens (including phenoxy) is 1. The predicted octanol–water partition coefficient (Wildman–Crippen LogP) is 1.31. The molecule has 5 nitrogen and oxygen atoms in total. The first-order valence-corrected chi connectivity index (χ1v) is 5.89. The second-order valence-electron chi connectivity index (χ2n) is 4.01. The maximum absolute atomic E-state index is 8.53. The van der Waals surface area contributed by atoms with E-state index in [0.29, 0.717) is 19.1 Å². The van der Waals surface area contributed by atoms with E-state index in [4.69, 9.17) is 15.7 Å². The Labute approximate surface area is 98.0 Å². The summed E-state index contributed by atoms with van der Waals surface area (Å²) in [5.74, 6) is 0.270. The van der Waals surface area contributed by atoms with Gasteiger partial charge in [0.25, 0.3) is 0 Å². The normalized spacial score (nSPS) is 16.1. The maximum atomic E-state index is 8.53. The van der Waals surface area contributed by atoms with Gasteiger partial charge >= 0.3 is 0 Å². The van der Waals surface area contributed by atoms with Gasteiger partial charge in [-0.3, -0.25) is 0 Å². The van der Waals surface area contributed by atoms with Gasteiger partial charge in [-0.05, 0) is 12.8 Å². The highest BCUT2D eigenvalue weighted by Gasteiger charge is 2.14. The van der Waals surface area contributed by atoms with Crippen molar-refractivity contribution in [1.82, 2.24) is 5.32 Å². The van der Waals surface area contributed by atoms with Crippen LogP contribution in [0.5, 0.6) is 0 Å². The first-order valence-electron chi connectivity index (χ1n) is 5.89. The third-order valence-corrected chi connectivity index (χ3v) is 2.55. The highest BCUT2D eigenvalue weighted by Crippen LogP contribution is 2.04. The number of nitrogens with one attached hydrogen (secondary N) is 1. The van der Waals surface area contributed by atoms with Crippen LogP contribution in [0.1, 0.15) is 39.5 Å². The molecule has 0 aromatic heterocycles. The van der Waals surface area contributed by atoms with Crippen LogP contribution >= 0.6 is 0 Å². The molecule has 0 bridgehead atoms. The predicted molar refractivity (Wildman–Crippen MR) is 65.8 cm³/mol. The standard InChI is InChI=1S/C11H25N3O2/c1-4-6-10(8-16-3)13-9(5-2)7-11(12)14-15/h9-10,13,15H,4-8H2,1-3H3,(H2,12,14). The lowest BCUT2D eigenvalue weighted by Crippen LogP contribution is -2.42. The second kappa shape index (κ2) is 9.42. The number of hydrogen-bond donors (Lipinski definition) is 3. The van der Waals surface area contributed by atoms with E-state index in [1.807, 2.05) is 0 Å². The van der Waals surface area contributed by atoms with Gasteiger partial charge in [-0.25, -0.2) is 0 Å². The fraction of sp³-hybridized carbons (Fsp3) is 0.909. The first kappa shape index (κ1) is 15.2. The Morgan fingerprint density at radius 3 is 2.56 bits per heavy atom. The zero-order chi connectivity index (χ0) is 12.4. The Kier molecular flexibility index (Phi) is 8.94. The number of oxime groups is 1. The van der Waals surface area contributed by atoms with E-state index in [1.54, 1.807) is 7.11 Å². The number of hydrogen-bond acceptors (Lipinski definition) is 4. The van der Waals surface area contributed by atoms with Crippen molar-refractivity contribution >= 4 is 5.84 Å². The number of methoxy groups -OCH3 is 1. The van der Waals surface area contributed by atoms with Gasteiger partial charge in [0.1, 0.15) is 5.84 Å². The Bertz CT molecular complexity index is 192. The molecule has 0 aliphatic rings. The van der Waals surface area contributed by atoms with Crippen LogP contribution in [0, 0.1) is 0 Å². The topological polar surface area (TPSA) is 79.9 Å². The van der Waals surface area contributed by atoms with Crippen LogP contribution in [-0.2, 0) is 4.74 Å². The van der Waals surface area contributed by atoms with Crippen LogP contribution in [0.15, 0.2) is 5.16 Å². The minimum absolute atomic E-state index is 0.239. The van der Waals surface area contributed by atoms with Crippen molar-refractivity contribution in [1.29, 1.82) is 0 Å². The molecular weight excluding hydrogens is 206 g/mol. The molecule has 0 saturated heterocycles. The van der Waals surface area contributed by atoms with Gasteiger partial charge in [-0.15, -0.1) is 0 Å². The lowest BCUT2D eigenvalue weighted by atomic mass is 10.1. The van der Waals surface area contributed by atoms with Crippen molar-refractivity contribution in [2.75, 3.05) is 13.7 Å². The van der Waals surface area contributed by atoms with E-state index in [1.165, 1.54) is 0 Å². The Hall–Kier alpha value is -0.810. The summed E-state index contributed by atoms with van der Waals surface area (Å²) in [4.78, 5) is 0. The molecule has 96 valence electrons. The molecule has 2 unspecified atom stereocenters. The quantitative estimate of drug-likeness (QED) is 0.242. The Morgan fingerprint density at radius 2 is 2.12 bits per heavy atom. The Morgan fingerprint density at radius 1 is 1.44 bits per heavy atom. The van der Waals surface area contributed by atoms with E-state index in [0.717, 1.165) is 19.3 Å². The third-order valence-electron chi connectivity index (χ3n) is 2.55. The molecule has 0 fully saturated rings. The largest absolute Gasteiger partial charge is 0.409 e. The van der Waals surface area contributed by atoms with Crippen molar-refractivity contribution in [3.8, 4) is 0 Å². The highest BCUT2D eigenvalue weighted by atomic mass is 16.5. The molecule has 0 saturated carbocycles. The summed E-state index contributed by atoms with van der Waals surface area (Å²) >= 11 is 0. The average molecular weight is 231 g/mol. The zero-order valence-corrected chi connectivity index (χ0v) is 10.6. The molecular formula is C11H25N3O2. The summed E-state index contributed by atoms with van der Waals surface area (Å²) in [6, 6.07) is 0.578. The van der Waals surface area contributed by atoms with Gasteiger partial charge in [0, 0.05) is 25.6 Å². The van der Waals surface area contributed by atoms with Crippen LogP contribution < -0.4 is 11.1 Å². The lowest BCUT2D eigenvalue weighted by Gasteiger charge is -2.24. The second-order valence-corrected chi connectivity index (χ2v) is 4.01. The molecule has 16 heavy (non-hydrogen) atoms. The molecule has 5 heteroatoms. The Balaban J connectivity index is 4.14. The molecule has 0 aliphatic carbocycles. The monoisotopic (exact) mass is 231 g/mol. The molecule has 4 N–H and O–H groups in total. The molecule has 0 aliphatic heterocycles. The molecule has 2 atom stereocenters. The minimum Gasteiger partial charge on any atom is -0.409 e. The molecule has 0 heterocycles. The smallest absolute Gasteiger partial charge is 0.140 e. The van der Waals surface area contributed by atoms with Crippen LogP contribution in [0.25, 0.3) is 0 Å². The molecule has 0 spiro atoms. The van der Waals surface area contributed by atoms with Gasteiger partial charge in [0.15, 0.2) is 0 Å². The number of rotatable bonds is 9. The van der Waals surface area contributed by atoms with Crippen molar-refractivity contribution in [3.63, 3.8) is 0 Å². The summed E-state index contributed by atoms with van der Waals surface area (Å²) in [6.07, 6.45) is 3.69. The summed E-state index contributed by atoms with van der Waals surface area (Å²) in [7, 11) is 1.70. The number of amidine groups is 1. The number of nitrogens with zero attached hydrogens (tertiary/aromatic N) is 1. The van der Waals surface area contributed by atoms with E-state index in [9.17, 15) is 0 Å². The van der Waals surface area contributed by atoms with Crippen molar-refractivity contribution in [2.45, 2.75) is 51.6 Å². The van der Waals surface area contributed by atoms with Crippen molar-refractivity contribution in [2.24, 2.45) is 10.9 Å². The third kappa shape index (κ3) is 6.63. The summed E-state index contributed by atoms with van der Waals surface area (Å²) in [5.41, 5.74) is 5.50. The van der Waals surface area contributed by atoms with Gasteiger partial charge < -0.3 is 21.0 Å². The van der Waals surface area contributed by atoms with Crippen LogP contribution in [0.3, 0.4) is 0 Å². The number of nitrogens with two attached hydrogens (primary N) is 1. The summed E-state index contributed by atoms with van der Waals surface area (Å²) in [5, 5.41) is 15.0. The molecule has 0 rings (SSSR count). The van der Waals surface area contributed by atoms with Crippen LogP contribution in [-0.4, -0.2) is 36.8 Å². The average Bonchev–Trinajstić information content (AvgIpc) is 2.28. The fourth-order valence-electron chi connectivity index (χ4n) is 1.71. The SMILES string of the molecule is CCCC(COC)NC(CC)CC(N)=NO. The van der Waals surface area contributed by atoms with E-state index >= 15 is 0 Å². The molecule has 0 aromatic carbocycles. The van der Waals surface area contributed by atoms with Crippen molar-refractivity contribution < 1.29 is 9.94 Å². The minimum atomic E-state index is 0.239. The van der Waals surface area contributed by atoms with E-state index in [2.05, 4.69) is 24.3 Å². The van der Waals surface area contributed by atoms with Crippen LogP contribution in [0.2, 0.25) is 0 Å². The highest BCUT2D eigenvalue weighted by molar-refractivity contribution is 5.80. The molecule has 0 aromatic rings. The van der Waals surface area contributed by atoms with E-state index < -0.39 is 0 Å². The van der Waals surface area contributed by atoms with Crippen LogP contribution in [0.4, 0.5) is 0 Å². The van der Waals surface area contributed by atoms with Crippen molar-refractivity contribution in [3.05, 3.63) is 0 Å². The lowest BCUT2D eigenvalue weighted by molar-refractivity contribution is 0.155.